The quantitative estimate of drug-likeness (QED) is 0.741. The second-order valence-corrected chi connectivity index (χ2v) is 9.73. The Morgan fingerprint density at radius 1 is 0.935 bits per heavy atom. The Hall–Kier alpha value is -2.24. The fourth-order valence-electron chi connectivity index (χ4n) is 5.49. The Morgan fingerprint density at radius 3 is 2.32 bits per heavy atom. The maximum Gasteiger partial charge on any atom is 0.321 e. The second kappa shape index (κ2) is 8.71. The SMILES string of the molecule is CN1CC[C@H]2CN(c3ccc(NC(=O)N4CCC(c5ccc(Cl)cc5)CC4)cc3)C[C@H]21. The lowest BCUT2D eigenvalue weighted by atomic mass is 9.89. The van der Waals surface area contributed by atoms with E-state index in [-0.39, 0.29) is 6.03 Å². The molecule has 0 unspecified atom stereocenters. The zero-order chi connectivity index (χ0) is 21.4. The van der Waals surface area contributed by atoms with E-state index in [1.807, 2.05) is 29.2 Å². The maximum atomic E-state index is 12.7. The number of halogens is 1. The maximum absolute atomic E-state index is 12.7. The van der Waals surface area contributed by atoms with Gasteiger partial charge in [-0.1, -0.05) is 23.7 Å². The van der Waals surface area contributed by atoms with Crippen LogP contribution in [0.3, 0.4) is 0 Å². The van der Waals surface area contributed by atoms with Gasteiger partial charge in [-0.05, 0) is 86.7 Å². The van der Waals surface area contributed by atoms with Gasteiger partial charge >= 0.3 is 6.03 Å². The summed E-state index contributed by atoms with van der Waals surface area (Å²) in [6.07, 6.45) is 3.28. The normalized spacial score (nSPS) is 24.5. The first-order chi connectivity index (χ1) is 15.1. The number of piperidine rings is 1. The molecule has 3 aliphatic rings. The van der Waals surface area contributed by atoms with Crippen molar-refractivity contribution < 1.29 is 4.79 Å². The van der Waals surface area contributed by atoms with Gasteiger partial charge in [0, 0.05) is 48.6 Å². The summed E-state index contributed by atoms with van der Waals surface area (Å²) in [5.41, 5.74) is 3.44. The molecule has 2 atom stereocenters. The van der Waals surface area contributed by atoms with E-state index in [2.05, 4.69) is 46.4 Å². The lowest BCUT2D eigenvalue weighted by molar-refractivity contribution is 0.194. The number of rotatable bonds is 3. The minimum absolute atomic E-state index is 0.000338. The lowest BCUT2D eigenvalue weighted by Crippen LogP contribution is -2.40. The molecule has 164 valence electrons. The van der Waals surface area contributed by atoms with Crippen molar-refractivity contribution in [2.75, 3.05) is 50.0 Å². The molecule has 1 N–H and O–H groups in total. The Balaban J connectivity index is 1.13. The van der Waals surface area contributed by atoms with Gasteiger partial charge in [0.2, 0.25) is 0 Å². The van der Waals surface area contributed by atoms with Gasteiger partial charge in [-0.3, -0.25) is 0 Å². The molecular weight excluding hydrogens is 408 g/mol. The monoisotopic (exact) mass is 438 g/mol. The highest BCUT2D eigenvalue weighted by Gasteiger charge is 2.39. The molecule has 3 heterocycles. The standard InChI is InChI=1S/C25H31ClN4O/c1-28-13-10-20-16-30(17-24(20)28)23-8-6-22(7-9-23)27-25(31)29-14-11-19(12-15-29)18-2-4-21(26)5-3-18/h2-9,19-20,24H,10-17H2,1H3,(H,27,31)/t20-,24+/m0/s1. The van der Waals surface area contributed by atoms with Gasteiger partial charge in [0.15, 0.2) is 0 Å². The van der Waals surface area contributed by atoms with Gasteiger partial charge in [0.25, 0.3) is 0 Å². The highest BCUT2D eigenvalue weighted by atomic mass is 35.5. The Bertz CT molecular complexity index is 908. The molecule has 2 amide bonds. The van der Waals surface area contributed by atoms with E-state index in [0.29, 0.717) is 12.0 Å². The van der Waals surface area contributed by atoms with Crippen molar-refractivity contribution in [3.63, 3.8) is 0 Å². The third-order valence-electron chi connectivity index (χ3n) is 7.43. The molecule has 2 aromatic rings. The van der Waals surface area contributed by atoms with Crippen LogP contribution in [0.15, 0.2) is 48.5 Å². The first-order valence-electron chi connectivity index (χ1n) is 11.4. The summed E-state index contributed by atoms with van der Waals surface area (Å²) in [7, 11) is 2.24. The number of anilines is 2. The Morgan fingerprint density at radius 2 is 1.65 bits per heavy atom. The van der Waals surface area contributed by atoms with Gasteiger partial charge in [-0.2, -0.15) is 0 Å². The summed E-state index contributed by atoms with van der Waals surface area (Å²) < 4.78 is 0. The number of likely N-dealkylation sites (tertiary alicyclic amines) is 2. The number of carbonyl (C=O) groups excluding carboxylic acids is 1. The third-order valence-corrected chi connectivity index (χ3v) is 7.68. The molecule has 0 spiro atoms. The fraction of sp³-hybridized carbons (Fsp3) is 0.480. The van der Waals surface area contributed by atoms with Gasteiger partial charge in [-0.25, -0.2) is 4.79 Å². The molecule has 0 bridgehead atoms. The van der Waals surface area contributed by atoms with Crippen LogP contribution in [0.4, 0.5) is 16.2 Å². The number of carbonyl (C=O) groups is 1. The first kappa shape index (κ1) is 20.7. The van der Waals surface area contributed by atoms with Crippen LogP contribution >= 0.6 is 11.6 Å². The molecule has 6 heteroatoms. The number of urea groups is 1. The molecule has 2 aromatic carbocycles. The van der Waals surface area contributed by atoms with Crippen molar-refractivity contribution in [3.05, 3.63) is 59.1 Å². The van der Waals surface area contributed by atoms with Gasteiger partial charge in [-0.15, -0.1) is 0 Å². The highest BCUT2D eigenvalue weighted by Crippen LogP contribution is 2.34. The number of likely N-dealkylation sites (N-methyl/N-ethyl adjacent to an activating group) is 1. The van der Waals surface area contributed by atoms with Crippen LogP contribution in [-0.4, -0.2) is 61.6 Å². The topological polar surface area (TPSA) is 38.8 Å². The molecule has 5 rings (SSSR count). The van der Waals surface area contributed by atoms with E-state index in [1.165, 1.54) is 24.2 Å². The number of nitrogens with zero attached hydrogens (tertiary/aromatic N) is 3. The smallest absolute Gasteiger partial charge is 0.321 e. The van der Waals surface area contributed by atoms with Gasteiger partial charge in [0.05, 0.1) is 0 Å². The summed E-state index contributed by atoms with van der Waals surface area (Å²) in [5.74, 6) is 1.29. The number of benzene rings is 2. The number of nitrogens with one attached hydrogen (secondary N) is 1. The van der Waals surface area contributed by atoms with Crippen LogP contribution in [0.1, 0.15) is 30.7 Å². The molecular formula is C25H31ClN4O. The summed E-state index contributed by atoms with van der Waals surface area (Å²) in [6, 6.07) is 17.2. The number of amides is 2. The van der Waals surface area contributed by atoms with E-state index in [1.54, 1.807) is 0 Å². The summed E-state index contributed by atoms with van der Waals surface area (Å²) in [4.78, 5) is 19.7. The number of hydrogen-bond acceptors (Lipinski definition) is 3. The molecule has 0 aliphatic carbocycles. The van der Waals surface area contributed by atoms with Gasteiger partial charge in [0.1, 0.15) is 0 Å². The molecule has 3 aliphatic heterocycles. The predicted octanol–water partition coefficient (Wildman–Crippen LogP) is 4.89. The first-order valence-corrected chi connectivity index (χ1v) is 11.8. The largest absolute Gasteiger partial charge is 0.370 e. The highest BCUT2D eigenvalue weighted by molar-refractivity contribution is 6.30. The van der Waals surface area contributed by atoms with Crippen molar-refractivity contribution in [3.8, 4) is 0 Å². The molecule has 3 fully saturated rings. The molecule has 31 heavy (non-hydrogen) atoms. The van der Waals surface area contributed by atoms with Crippen LogP contribution in [0.25, 0.3) is 0 Å². The number of hydrogen-bond donors (Lipinski definition) is 1. The van der Waals surface area contributed by atoms with Crippen LogP contribution in [0.5, 0.6) is 0 Å². The zero-order valence-electron chi connectivity index (χ0n) is 18.1. The fourth-order valence-corrected chi connectivity index (χ4v) is 5.62. The predicted molar refractivity (Wildman–Crippen MR) is 127 cm³/mol. The summed E-state index contributed by atoms with van der Waals surface area (Å²) in [5, 5.41) is 3.85. The van der Waals surface area contributed by atoms with Crippen molar-refractivity contribution in [2.45, 2.75) is 31.2 Å². The average Bonchev–Trinajstić information content (AvgIpc) is 3.37. The van der Waals surface area contributed by atoms with E-state index in [9.17, 15) is 4.79 Å². The van der Waals surface area contributed by atoms with E-state index in [4.69, 9.17) is 11.6 Å². The minimum atomic E-state index is -0.000338. The van der Waals surface area contributed by atoms with Crippen LogP contribution in [0, 0.1) is 5.92 Å². The summed E-state index contributed by atoms with van der Waals surface area (Å²) >= 11 is 6.00. The van der Waals surface area contributed by atoms with Crippen LogP contribution in [0.2, 0.25) is 5.02 Å². The van der Waals surface area contributed by atoms with Crippen LogP contribution in [-0.2, 0) is 0 Å². The summed E-state index contributed by atoms with van der Waals surface area (Å²) in [6.45, 7) is 5.03. The molecule has 5 nitrogen and oxygen atoms in total. The second-order valence-electron chi connectivity index (χ2n) is 9.29. The third kappa shape index (κ3) is 4.39. The van der Waals surface area contributed by atoms with E-state index >= 15 is 0 Å². The lowest BCUT2D eigenvalue weighted by Gasteiger charge is -2.32. The van der Waals surface area contributed by atoms with E-state index in [0.717, 1.165) is 55.6 Å². The molecule has 0 saturated carbocycles. The zero-order valence-corrected chi connectivity index (χ0v) is 18.9. The Kier molecular flexibility index (Phi) is 5.81. The Labute approximate surface area is 190 Å². The van der Waals surface area contributed by atoms with Gasteiger partial charge < -0.3 is 20.0 Å². The van der Waals surface area contributed by atoms with E-state index < -0.39 is 0 Å². The molecule has 3 saturated heterocycles. The van der Waals surface area contributed by atoms with Crippen molar-refractivity contribution in [1.29, 1.82) is 0 Å². The molecule has 0 radical (unpaired) electrons. The number of fused-ring (bicyclic) bond motifs is 1. The van der Waals surface area contributed by atoms with Crippen molar-refractivity contribution in [1.82, 2.24) is 9.80 Å². The van der Waals surface area contributed by atoms with Crippen molar-refractivity contribution >= 4 is 29.0 Å². The van der Waals surface area contributed by atoms with Crippen LogP contribution < -0.4 is 10.2 Å². The van der Waals surface area contributed by atoms with Crippen molar-refractivity contribution in [2.24, 2.45) is 5.92 Å². The average molecular weight is 439 g/mol. The molecule has 0 aromatic heterocycles. The minimum Gasteiger partial charge on any atom is -0.370 e.